The maximum absolute atomic E-state index is 13.0. The number of hydrogen-bond acceptors (Lipinski definition) is 4. The summed E-state index contributed by atoms with van der Waals surface area (Å²) in [6, 6.07) is 24.8. The van der Waals surface area contributed by atoms with Gasteiger partial charge in [0.2, 0.25) is 0 Å². The van der Waals surface area contributed by atoms with Gasteiger partial charge in [0.1, 0.15) is 5.82 Å². The van der Waals surface area contributed by atoms with Crippen molar-refractivity contribution in [1.29, 1.82) is 0 Å². The SMILES string of the molecule is CCC(=O)N[S+]([O-])Cc1cccc(-c2ccc(CCCc3nn(Cc4ccc(C(C)(C)C)cc4)c(=O)n3CC)cc2)c1. The molecule has 4 rings (SSSR count). The Morgan fingerprint density at radius 2 is 1.60 bits per heavy atom. The number of nitrogens with zero attached hydrogens (tertiary/aromatic N) is 3. The van der Waals surface area contributed by atoms with Gasteiger partial charge in [-0.3, -0.25) is 9.36 Å². The van der Waals surface area contributed by atoms with E-state index in [0.29, 0.717) is 19.5 Å². The minimum Gasteiger partial charge on any atom is -0.593 e. The molecule has 0 radical (unpaired) electrons. The first-order chi connectivity index (χ1) is 20.1. The molecule has 222 valence electrons. The summed E-state index contributed by atoms with van der Waals surface area (Å²) in [7, 11) is 0. The average molecular weight is 587 g/mol. The van der Waals surface area contributed by atoms with E-state index >= 15 is 0 Å². The predicted octanol–water partition coefficient (Wildman–Crippen LogP) is 5.94. The van der Waals surface area contributed by atoms with E-state index in [0.717, 1.165) is 47.3 Å². The molecule has 0 saturated carbocycles. The van der Waals surface area contributed by atoms with Gasteiger partial charge in [0.25, 0.3) is 5.91 Å². The number of amides is 1. The Morgan fingerprint density at radius 3 is 2.24 bits per heavy atom. The van der Waals surface area contributed by atoms with Crippen LogP contribution in [0.5, 0.6) is 0 Å². The Hall–Kier alpha value is -3.62. The van der Waals surface area contributed by atoms with Crippen molar-refractivity contribution in [3.63, 3.8) is 0 Å². The van der Waals surface area contributed by atoms with Gasteiger partial charge < -0.3 is 4.55 Å². The van der Waals surface area contributed by atoms with Crippen LogP contribution in [0.3, 0.4) is 0 Å². The molecule has 8 heteroatoms. The monoisotopic (exact) mass is 586 g/mol. The molecule has 0 spiro atoms. The Balaban J connectivity index is 1.35. The molecule has 1 heterocycles. The van der Waals surface area contributed by atoms with Gasteiger partial charge >= 0.3 is 5.69 Å². The molecule has 0 fully saturated rings. The van der Waals surface area contributed by atoms with Crippen LogP contribution in [0.4, 0.5) is 0 Å². The van der Waals surface area contributed by atoms with Crippen molar-refractivity contribution in [3.05, 3.63) is 111 Å². The van der Waals surface area contributed by atoms with Crippen LogP contribution in [0.1, 0.15) is 75.5 Å². The van der Waals surface area contributed by atoms with Crippen molar-refractivity contribution in [3.8, 4) is 11.1 Å². The number of rotatable bonds is 12. The van der Waals surface area contributed by atoms with E-state index < -0.39 is 11.4 Å². The highest BCUT2D eigenvalue weighted by Gasteiger charge is 2.16. The molecule has 1 atom stereocenters. The summed E-state index contributed by atoms with van der Waals surface area (Å²) in [5.74, 6) is 0.891. The van der Waals surface area contributed by atoms with Gasteiger partial charge in [-0.2, -0.15) is 9.82 Å². The van der Waals surface area contributed by atoms with Gasteiger partial charge in [-0.1, -0.05) is 94.4 Å². The predicted molar refractivity (Wildman–Crippen MR) is 171 cm³/mol. The second kappa shape index (κ2) is 14.0. The molecule has 0 aliphatic heterocycles. The minimum absolute atomic E-state index is 0.0597. The summed E-state index contributed by atoms with van der Waals surface area (Å²) in [5, 5.41) is 4.70. The molecule has 1 unspecified atom stereocenters. The summed E-state index contributed by atoms with van der Waals surface area (Å²) in [5.41, 5.74) is 6.63. The van der Waals surface area contributed by atoms with E-state index in [1.807, 2.05) is 31.2 Å². The first-order valence-electron chi connectivity index (χ1n) is 14.7. The lowest BCUT2D eigenvalue weighted by Crippen LogP contribution is -2.30. The van der Waals surface area contributed by atoms with Crippen molar-refractivity contribution in [2.24, 2.45) is 0 Å². The molecular weight excluding hydrogens is 544 g/mol. The van der Waals surface area contributed by atoms with Gasteiger partial charge in [0, 0.05) is 24.9 Å². The fourth-order valence-corrected chi connectivity index (χ4v) is 5.87. The third kappa shape index (κ3) is 8.23. The molecule has 4 aromatic rings. The zero-order chi connectivity index (χ0) is 30.3. The first-order valence-corrected chi connectivity index (χ1v) is 16.0. The van der Waals surface area contributed by atoms with Crippen molar-refractivity contribution in [2.75, 3.05) is 0 Å². The summed E-state index contributed by atoms with van der Waals surface area (Å²) in [4.78, 5) is 24.5. The molecule has 0 saturated heterocycles. The van der Waals surface area contributed by atoms with E-state index in [1.165, 1.54) is 11.1 Å². The van der Waals surface area contributed by atoms with Gasteiger partial charge in [-0.25, -0.2) is 9.48 Å². The third-order valence-corrected chi connectivity index (χ3v) is 8.45. The fraction of sp³-hybridized carbons (Fsp3) is 0.382. The van der Waals surface area contributed by atoms with Crippen molar-refractivity contribution in [2.45, 2.75) is 84.6 Å². The van der Waals surface area contributed by atoms with Crippen LogP contribution in [-0.4, -0.2) is 24.8 Å². The molecule has 0 aliphatic carbocycles. The molecule has 3 aromatic carbocycles. The van der Waals surface area contributed by atoms with Gasteiger partial charge in [0.05, 0.1) is 17.9 Å². The number of nitrogens with one attached hydrogen (secondary N) is 1. The van der Waals surface area contributed by atoms with E-state index in [2.05, 4.69) is 74.0 Å². The smallest absolute Gasteiger partial charge is 0.346 e. The number of carbonyl (C=O) groups excluding carboxylic acids is 1. The van der Waals surface area contributed by atoms with Crippen LogP contribution in [0.2, 0.25) is 0 Å². The average Bonchev–Trinajstić information content (AvgIpc) is 3.26. The summed E-state index contributed by atoms with van der Waals surface area (Å²) in [6.45, 7) is 11.4. The highest BCUT2D eigenvalue weighted by Crippen LogP contribution is 2.23. The van der Waals surface area contributed by atoms with Crippen molar-refractivity contribution >= 4 is 17.3 Å². The van der Waals surface area contributed by atoms with Crippen LogP contribution >= 0.6 is 0 Å². The quantitative estimate of drug-likeness (QED) is 0.208. The molecule has 1 aromatic heterocycles. The molecule has 1 amide bonds. The third-order valence-electron chi connectivity index (χ3n) is 7.39. The molecule has 0 aliphatic rings. The number of aryl methyl sites for hydroxylation is 2. The van der Waals surface area contributed by atoms with Crippen molar-refractivity contribution < 1.29 is 9.35 Å². The molecule has 1 N–H and O–H groups in total. The van der Waals surface area contributed by atoms with E-state index in [9.17, 15) is 14.1 Å². The van der Waals surface area contributed by atoms with Gasteiger partial charge in [-0.15, -0.1) is 0 Å². The van der Waals surface area contributed by atoms with Crippen LogP contribution in [0.15, 0.2) is 77.6 Å². The van der Waals surface area contributed by atoms with Gasteiger partial charge in [0.15, 0.2) is 5.75 Å². The Bertz CT molecular complexity index is 1530. The van der Waals surface area contributed by atoms with Crippen LogP contribution < -0.4 is 10.4 Å². The first kappa shape index (κ1) is 31.3. The van der Waals surface area contributed by atoms with Gasteiger partial charge in [-0.05, 0) is 59.1 Å². The molecule has 42 heavy (non-hydrogen) atoms. The standard InChI is InChI=1S/C34H42N4O3S/c1-6-32(39)36-42(41)24-27-11-8-12-29(22-27)28-18-14-25(15-19-28)10-9-13-31-35-38(33(40)37(31)7-2)23-26-16-20-30(21-17-26)34(3,4)5/h8,11-12,14-22H,6-7,9-10,13,23-24H2,1-5H3,(H,36,39). The van der Waals surface area contributed by atoms with E-state index in [4.69, 9.17) is 5.10 Å². The molecule has 0 bridgehead atoms. The van der Waals surface area contributed by atoms with E-state index in [-0.39, 0.29) is 22.8 Å². The number of aromatic nitrogens is 3. The number of carbonyl (C=O) groups is 1. The largest absolute Gasteiger partial charge is 0.593 e. The second-order valence-corrected chi connectivity index (χ2v) is 12.9. The summed E-state index contributed by atoms with van der Waals surface area (Å²) in [6.07, 6.45) is 2.82. The zero-order valence-electron chi connectivity index (χ0n) is 25.4. The lowest BCUT2D eigenvalue weighted by molar-refractivity contribution is -0.119. The zero-order valence-corrected chi connectivity index (χ0v) is 26.2. The highest BCUT2D eigenvalue weighted by atomic mass is 32.2. The topological polar surface area (TPSA) is 92.0 Å². The summed E-state index contributed by atoms with van der Waals surface area (Å²) < 4.78 is 18.1. The lowest BCUT2D eigenvalue weighted by atomic mass is 9.87. The number of hydrogen-bond donors (Lipinski definition) is 1. The van der Waals surface area contributed by atoms with Crippen LogP contribution in [-0.2, 0) is 53.3 Å². The normalized spacial score (nSPS) is 12.3. The maximum Gasteiger partial charge on any atom is 0.346 e. The van der Waals surface area contributed by atoms with Crippen LogP contribution in [0.25, 0.3) is 11.1 Å². The highest BCUT2D eigenvalue weighted by molar-refractivity contribution is 7.89. The Labute approximate surface area is 252 Å². The summed E-state index contributed by atoms with van der Waals surface area (Å²) >= 11 is -1.43. The minimum atomic E-state index is -1.43. The fourth-order valence-electron chi connectivity index (χ4n) is 4.92. The van der Waals surface area contributed by atoms with Crippen LogP contribution in [0, 0.1) is 0 Å². The Morgan fingerprint density at radius 1 is 0.905 bits per heavy atom. The Kier molecular flexibility index (Phi) is 10.5. The second-order valence-electron chi connectivity index (χ2n) is 11.7. The molecular formula is C34H42N4O3S. The molecule has 7 nitrogen and oxygen atoms in total. The van der Waals surface area contributed by atoms with E-state index in [1.54, 1.807) is 16.2 Å². The maximum atomic E-state index is 13.0. The van der Waals surface area contributed by atoms with Crippen molar-refractivity contribution in [1.82, 2.24) is 19.1 Å². The number of benzene rings is 3. The lowest BCUT2D eigenvalue weighted by Gasteiger charge is -2.19.